The number of nitrogens with zero attached hydrogens (tertiary/aromatic N) is 6. The topological polar surface area (TPSA) is 72.6 Å². The number of aryl methyl sites for hydroxylation is 2. The fourth-order valence-corrected chi connectivity index (χ4v) is 8.61. The van der Waals surface area contributed by atoms with Gasteiger partial charge in [0.15, 0.2) is 0 Å². The summed E-state index contributed by atoms with van der Waals surface area (Å²) in [6, 6.07) is 29.2. The molecule has 8 nitrogen and oxygen atoms in total. The van der Waals surface area contributed by atoms with Crippen LogP contribution in [0.1, 0.15) is 12.8 Å². The van der Waals surface area contributed by atoms with Crippen molar-refractivity contribution < 1.29 is 0 Å². The first kappa shape index (κ1) is 33.3. The van der Waals surface area contributed by atoms with Crippen LogP contribution >= 0.6 is 23.2 Å². The van der Waals surface area contributed by atoms with Crippen LogP contribution in [0.15, 0.2) is 94.9 Å². The van der Waals surface area contributed by atoms with Crippen molar-refractivity contribution in [3.05, 3.63) is 106 Å². The zero-order chi connectivity index (χ0) is 35.3. The first-order valence-electron chi connectivity index (χ1n) is 18.3. The summed E-state index contributed by atoms with van der Waals surface area (Å²) in [5.74, 6) is 0. The molecule has 1 aliphatic heterocycles. The lowest BCUT2D eigenvalue weighted by molar-refractivity contribution is 0.131. The largest absolute Gasteiger partial charge is 0.341 e. The minimum Gasteiger partial charge on any atom is -0.341 e. The van der Waals surface area contributed by atoms with Crippen molar-refractivity contribution in [3.8, 4) is 0 Å². The average Bonchev–Trinajstić information content (AvgIpc) is 3.75. The smallest absolute Gasteiger partial charge is 0.120 e. The Morgan fingerprint density at radius 1 is 0.558 bits per heavy atom. The first-order chi connectivity index (χ1) is 25.4. The maximum absolute atomic E-state index is 6.52. The van der Waals surface area contributed by atoms with Gasteiger partial charge in [-0.25, -0.2) is 0 Å². The van der Waals surface area contributed by atoms with Crippen LogP contribution in [0.25, 0.3) is 65.7 Å². The number of fused-ring (bicyclic) bond motifs is 8. The molecule has 10 heteroatoms. The van der Waals surface area contributed by atoms with E-state index in [9.17, 15) is 0 Å². The Labute approximate surface area is 311 Å². The number of benzene rings is 4. The number of aromatic nitrogens is 4. The van der Waals surface area contributed by atoms with E-state index in [1.807, 2.05) is 12.1 Å². The highest BCUT2D eigenvalue weighted by Gasteiger charge is 2.18. The first-order valence-corrected chi connectivity index (χ1v) is 19.0. The Bertz CT molecular complexity index is 2590. The molecule has 8 aromatic rings. The van der Waals surface area contributed by atoms with Gasteiger partial charge >= 0.3 is 0 Å². The number of para-hydroxylation sites is 2. The zero-order valence-electron chi connectivity index (χ0n) is 29.6. The molecule has 0 unspecified atom stereocenters. The summed E-state index contributed by atoms with van der Waals surface area (Å²) in [6.45, 7) is 7.96. The van der Waals surface area contributed by atoms with Gasteiger partial charge in [-0.15, -0.1) is 0 Å². The number of nitrogens with one attached hydrogen (secondary N) is 2. The summed E-state index contributed by atoms with van der Waals surface area (Å²) >= 11 is 13.0. The molecule has 4 aromatic carbocycles. The molecular formula is C42H42Cl2N8. The van der Waals surface area contributed by atoms with Crippen LogP contribution in [0.4, 0.5) is 0 Å². The molecule has 5 heterocycles. The molecule has 0 spiro atoms. The number of pyridine rings is 2. The molecule has 0 bridgehead atoms. The van der Waals surface area contributed by atoms with E-state index in [0.29, 0.717) is 0 Å². The monoisotopic (exact) mass is 728 g/mol. The van der Waals surface area contributed by atoms with Crippen LogP contribution in [-0.2, 0) is 14.1 Å². The SMILES string of the molecule is Cn1c2ccc(Cl)cc2c(=NCCCN2CCN(CCCN=c3c4cc(Cl)ccc4n(C)c4[nH]c5ccccc5c34)CC2)c2c3ccccc3[nH]c21. The molecule has 2 N–H and O–H groups in total. The minimum absolute atomic E-state index is 0.730. The zero-order valence-corrected chi connectivity index (χ0v) is 31.1. The maximum atomic E-state index is 6.52. The second-order valence-electron chi connectivity index (χ2n) is 14.1. The van der Waals surface area contributed by atoms with E-state index >= 15 is 0 Å². The van der Waals surface area contributed by atoms with Gasteiger partial charge in [-0.2, -0.15) is 0 Å². The number of H-pyrrole nitrogens is 2. The summed E-state index contributed by atoms with van der Waals surface area (Å²) in [6.07, 6.45) is 2.03. The summed E-state index contributed by atoms with van der Waals surface area (Å²) in [7, 11) is 4.21. The molecule has 1 saturated heterocycles. The number of rotatable bonds is 8. The molecule has 0 atom stereocenters. The van der Waals surface area contributed by atoms with Gasteiger partial charge in [0.2, 0.25) is 0 Å². The Hall–Kier alpha value is -4.60. The van der Waals surface area contributed by atoms with Gasteiger partial charge in [0.1, 0.15) is 11.3 Å². The lowest BCUT2D eigenvalue weighted by Crippen LogP contribution is -2.46. The predicted octanol–water partition coefficient (Wildman–Crippen LogP) is 8.15. The fourth-order valence-electron chi connectivity index (χ4n) is 8.26. The van der Waals surface area contributed by atoms with Crippen molar-refractivity contribution in [2.45, 2.75) is 12.8 Å². The van der Waals surface area contributed by atoms with Gasteiger partial charge in [-0.3, -0.25) is 9.98 Å². The van der Waals surface area contributed by atoms with E-state index in [-0.39, 0.29) is 0 Å². The van der Waals surface area contributed by atoms with Gasteiger partial charge in [-0.05, 0) is 74.5 Å². The van der Waals surface area contributed by atoms with Crippen LogP contribution < -0.4 is 10.7 Å². The van der Waals surface area contributed by atoms with Crippen molar-refractivity contribution in [2.75, 3.05) is 52.4 Å². The van der Waals surface area contributed by atoms with Crippen molar-refractivity contribution >= 4 is 88.9 Å². The van der Waals surface area contributed by atoms with E-state index in [1.54, 1.807) is 0 Å². The molecule has 0 amide bonds. The Kier molecular flexibility index (Phi) is 8.79. The molecule has 0 radical (unpaired) electrons. The number of hydrogen-bond donors (Lipinski definition) is 2. The van der Waals surface area contributed by atoms with Gasteiger partial charge in [0.25, 0.3) is 0 Å². The number of hydrogen-bond acceptors (Lipinski definition) is 4. The molecular weight excluding hydrogens is 687 g/mol. The Morgan fingerprint density at radius 3 is 1.42 bits per heavy atom. The molecule has 0 saturated carbocycles. The van der Waals surface area contributed by atoms with Crippen LogP contribution in [0.2, 0.25) is 10.0 Å². The quantitative estimate of drug-likeness (QED) is 0.155. The highest BCUT2D eigenvalue weighted by Crippen LogP contribution is 2.28. The summed E-state index contributed by atoms with van der Waals surface area (Å²) in [5.41, 5.74) is 6.65. The minimum atomic E-state index is 0.730. The number of aromatic amines is 2. The van der Waals surface area contributed by atoms with Gasteiger partial charge in [0, 0.05) is 96.0 Å². The van der Waals surface area contributed by atoms with Crippen LogP contribution in [0, 0.1) is 0 Å². The van der Waals surface area contributed by atoms with Gasteiger partial charge in [-0.1, -0.05) is 59.6 Å². The second kappa shape index (κ2) is 13.7. The van der Waals surface area contributed by atoms with E-state index in [2.05, 4.69) is 116 Å². The third kappa shape index (κ3) is 5.88. The van der Waals surface area contributed by atoms with E-state index in [4.69, 9.17) is 33.2 Å². The lowest BCUT2D eigenvalue weighted by Gasteiger charge is -2.34. The third-order valence-corrected chi connectivity index (χ3v) is 11.4. The van der Waals surface area contributed by atoms with Crippen LogP contribution in [0.3, 0.4) is 0 Å². The Balaban J connectivity index is 0.862. The third-order valence-electron chi connectivity index (χ3n) is 10.9. The molecule has 9 rings (SSSR count). The Morgan fingerprint density at radius 2 is 0.981 bits per heavy atom. The molecule has 1 fully saturated rings. The number of halogens is 2. The predicted molar refractivity (Wildman–Crippen MR) is 218 cm³/mol. The fraction of sp³-hybridized carbons (Fsp3) is 0.286. The van der Waals surface area contributed by atoms with E-state index < -0.39 is 0 Å². The van der Waals surface area contributed by atoms with E-state index in [0.717, 1.165) is 141 Å². The summed E-state index contributed by atoms with van der Waals surface area (Å²) < 4.78 is 4.44. The van der Waals surface area contributed by atoms with Crippen molar-refractivity contribution in [1.29, 1.82) is 0 Å². The van der Waals surface area contributed by atoms with Crippen molar-refractivity contribution in [1.82, 2.24) is 28.9 Å². The van der Waals surface area contributed by atoms with Crippen LogP contribution in [0.5, 0.6) is 0 Å². The number of piperazine rings is 1. The summed E-state index contributed by atoms with van der Waals surface area (Å²) in [5, 5.41) is 10.4. The van der Waals surface area contributed by atoms with Gasteiger partial charge in [0.05, 0.1) is 32.5 Å². The molecule has 264 valence electrons. The molecule has 4 aromatic heterocycles. The van der Waals surface area contributed by atoms with Crippen molar-refractivity contribution in [3.63, 3.8) is 0 Å². The normalized spacial score (nSPS) is 15.5. The standard InChI is InChI=1S/C42H42Cl2N8/c1-49-35-15-13-27(43)25-31(35)39(37-29-9-3-5-11-33(29)47-41(37)49)45-17-7-19-51-21-23-52(24-22-51)20-8-18-46-40-32-26-28(44)14-16-36(32)50(2)42-38(40)30-10-4-6-12-34(30)48-42/h3-6,9-16,25-26,47-48H,7-8,17-24H2,1-2H3. The van der Waals surface area contributed by atoms with Gasteiger partial charge < -0.3 is 28.9 Å². The van der Waals surface area contributed by atoms with Crippen LogP contribution in [-0.4, -0.2) is 81.3 Å². The average molecular weight is 730 g/mol. The second-order valence-corrected chi connectivity index (χ2v) is 15.0. The highest BCUT2D eigenvalue weighted by molar-refractivity contribution is 6.31. The molecule has 0 aliphatic carbocycles. The lowest BCUT2D eigenvalue weighted by atomic mass is 10.1. The van der Waals surface area contributed by atoms with E-state index in [1.165, 1.54) is 10.8 Å². The highest BCUT2D eigenvalue weighted by atomic mass is 35.5. The molecule has 52 heavy (non-hydrogen) atoms. The van der Waals surface area contributed by atoms with Crippen molar-refractivity contribution in [2.24, 2.45) is 24.1 Å². The molecule has 1 aliphatic rings. The maximum Gasteiger partial charge on any atom is 0.120 e. The summed E-state index contributed by atoms with van der Waals surface area (Å²) in [4.78, 5) is 22.9.